The fourth-order valence-electron chi connectivity index (χ4n) is 1.19. The Morgan fingerprint density at radius 2 is 2.25 bits per heavy atom. The van der Waals surface area contributed by atoms with Crippen LogP contribution in [-0.4, -0.2) is 11.8 Å². The SMILES string of the molecule is CC(=O)Oc1csc(C(=O)c2ccco2)c1. The van der Waals surface area contributed by atoms with Crippen LogP contribution in [0, 0.1) is 0 Å². The Hall–Kier alpha value is -1.88. The molecule has 0 atom stereocenters. The molecular formula is C11H8O4S. The molecule has 0 aliphatic carbocycles. The summed E-state index contributed by atoms with van der Waals surface area (Å²) in [5.74, 6) is 0.0341. The third-order valence-electron chi connectivity index (χ3n) is 1.81. The summed E-state index contributed by atoms with van der Waals surface area (Å²) in [6.07, 6.45) is 1.44. The number of carbonyl (C=O) groups excluding carboxylic acids is 2. The van der Waals surface area contributed by atoms with Gasteiger partial charge in [-0.2, -0.15) is 0 Å². The molecule has 5 heteroatoms. The van der Waals surface area contributed by atoms with Crippen LogP contribution >= 0.6 is 11.3 Å². The maximum Gasteiger partial charge on any atom is 0.308 e. The molecule has 2 rings (SSSR count). The summed E-state index contributed by atoms with van der Waals surface area (Å²) in [5, 5.41) is 1.61. The Kier molecular flexibility index (Phi) is 2.87. The number of carbonyl (C=O) groups is 2. The molecule has 0 bridgehead atoms. The van der Waals surface area contributed by atoms with Gasteiger partial charge in [0.25, 0.3) is 0 Å². The zero-order valence-corrected chi connectivity index (χ0v) is 9.24. The highest BCUT2D eigenvalue weighted by atomic mass is 32.1. The molecule has 16 heavy (non-hydrogen) atoms. The lowest BCUT2D eigenvalue weighted by Gasteiger charge is -1.94. The molecule has 2 aromatic rings. The van der Waals surface area contributed by atoms with Crippen molar-refractivity contribution in [3.8, 4) is 5.75 Å². The van der Waals surface area contributed by atoms with Gasteiger partial charge in [0.2, 0.25) is 5.78 Å². The van der Waals surface area contributed by atoms with Crippen molar-refractivity contribution in [2.75, 3.05) is 0 Å². The highest BCUT2D eigenvalue weighted by Crippen LogP contribution is 2.24. The predicted molar refractivity (Wildman–Crippen MR) is 57.8 cm³/mol. The number of rotatable bonds is 3. The van der Waals surface area contributed by atoms with Crippen LogP contribution in [0.5, 0.6) is 5.75 Å². The lowest BCUT2D eigenvalue weighted by molar-refractivity contribution is -0.131. The first-order chi connectivity index (χ1) is 7.66. The third-order valence-corrected chi connectivity index (χ3v) is 2.71. The van der Waals surface area contributed by atoms with E-state index in [0.717, 1.165) is 0 Å². The molecule has 0 N–H and O–H groups in total. The number of ketones is 1. The summed E-state index contributed by atoms with van der Waals surface area (Å²) in [7, 11) is 0. The molecule has 0 fully saturated rings. The average molecular weight is 236 g/mol. The van der Waals surface area contributed by atoms with Crippen LogP contribution in [0.15, 0.2) is 34.3 Å². The van der Waals surface area contributed by atoms with Gasteiger partial charge < -0.3 is 9.15 Å². The number of esters is 1. The normalized spacial score (nSPS) is 10.1. The van der Waals surface area contributed by atoms with Gasteiger partial charge in [0.15, 0.2) is 5.76 Å². The Morgan fingerprint density at radius 3 is 2.88 bits per heavy atom. The molecule has 0 aromatic carbocycles. The van der Waals surface area contributed by atoms with Crippen molar-refractivity contribution in [3.05, 3.63) is 40.5 Å². The van der Waals surface area contributed by atoms with E-state index in [4.69, 9.17) is 9.15 Å². The van der Waals surface area contributed by atoms with Gasteiger partial charge in [-0.05, 0) is 12.1 Å². The van der Waals surface area contributed by atoms with E-state index in [0.29, 0.717) is 10.6 Å². The van der Waals surface area contributed by atoms with Gasteiger partial charge in [0, 0.05) is 18.4 Å². The van der Waals surface area contributed by atoms with Gasteiger partial charge in [-0.3, -0.25) is 9.59 Å². The highest BCUT2D eigenvalue weighted by Gasteiger charge is 2.15. The molecule has 2 heterocycles. The van der Waals surface area contributed by atoms with Crippen LogP contribution < -0.4 is 4.74 Å². The largest absolute Gasteiger partial charge is 0.461 e. The van der Waals surface area contributed by atoms with Crippen molar-refractivity contribution in [1.82, 2.24) is 0 Å². The zero-order chi connectivity index (χ0) is 11.5. The fraction of sp³-hybridized carbons (Fsp3) is 0.0909. The van der Waals surface area contributed by atoms with E-state index >= 15 is 0 Å². The van der Waals surface area contributed by atoms with Crippen LogP contribution in [0.25, 0.3) is 0 Å². The summed E-state index contributed by atoms with van der Waals surface area (Å²) in [6.45, 7) is 1.31. The number of hydrogen-bond donors (Lipinski definition) is 0. The first-order valence-corrected chi connectivity index (χ1v) is 5.40. The minimum Gasteiger partial charge on any atom is -0.461 e. The number of furan rings is 1. The van der Waals surface area contributed by atoms with E-state index < -0.39 is 5.97 Å². The van der Waals surface area contributed by atoms with Crippen LogP contribution in [0.1, 0.15) is 22.4 Å². The molecule has 0 aliphatic heterocycles. The first kappa shape index (κ1) is 10.6. The second-order valence-electron chi connectivity index (χ2n) is 3.05. The number of thiophene rings is 1. The van der Waals surface area contributed by atoms with Gasteiger partial charge in [-0.15, -0.1) is 11.3 Å². The van der Waals surface area contributed by atoms with E-state index in [1.165, 1.54) is 30.6 Å². The molecule has 82 valence electrons. The van der Waals surface area contributed by atoms with Crippen molar-refractivity contribution in [2.45, 2.75) is 6.92 Å². The average Bonchev–Trinajstić information content (AvgIpc) is 2.84. The van der Waals surface area contributed by atoms with Gasteiger partial charge in [0.1, 0.15) is 5.75 Å². The van der Waals surface area contributed by atoms with Crippen molar-refractivity contribution < 1.29 is 18.7 Å². The first-order valence-electron chi connectivity index (χ1n) is 4.52. The molecule has 4 nitrogen and oxygen atoms in total. The van der Waals surface area contributed by atoms with E-state index in [-0.39, 0.29) is 11.5 Å². The minimum atomic E-state index is -0.408. The van der Waals surface area contributed by atoms with Gasteiger partial charge >= 0.3 is 5.97 Å². The van der Waals surface area contributed by atoms with Crippen LogP contribution in [0.3, 0.4) is 0 Å². The highest BCUT2D eigenvalue weighted by molar-refractivity contribution is 7.12. The standard InChI is InChI=1S/C11H8O4S/c1-7(12)15-8-5-10(16-6-8)11(13)9-3-2-4-14-9/h2-6H,1H3. The summed E-state index contributed by atoms with van der Waals surface area (Å²) < 4.78 is 9.84. The van der Waals surface area contributed by atoms with E-state index in [2.05, 4.69) is 0 Å². The Morgan fingerprint density at radius 1 is 1.44 bits per heavy atom. The minimum absolute atomic E-state index is 0.214. The Labute approximate surface area is 95.5 Å². The molecule has 0 saturated carbocycles. The molecule has 0 amide bonds. The Balaban J connectivity index is 2.19. The van der Waals surface area contributed by atoms with Gasteiger partial charge in [0.05, 0.1) is 11.1 Å². The summed E-state index contributed by atoms with van der Waals surface area (Å²) in [5.41, 5.74) is 0. The summed E-state index contributed by atoms with van der Waals surface area (Å²) >= 11 is 1.21. The Bertz CT molecular complexity index is 510. The van der Waals surface area contributed by atoms with E-state index in [9.17, 15) is 9.59 Å². The molecule has 0 unspecified atom stereocenters. The third kappa shape index (κ3) is 2.20. The smallest absolute Gasteiger partial charge is 0.308 e. The summed E-state index contributed by atoms with van der Waals surface area (Å²) in [4.78, 5) is 23.0. The maximum atomic E-state index is 11.8. The van der Waals surface area contributed by atoms with E-state index in [1.807, 2.05) is 0 Å². The van der Waals surface area contributed by atoms with Crippen LogP contribution in [0.2, 0.25) is 0 Å². The van der Waals surface area contributed by atoms with Gasteiger partial charge in [-0.1, -0.05) is 0 Å². The zero-order valence-electron chi connectivity index (χ0n) is 8.43. The molecule has 0 spiro atoms. The second kappa shape index (κ2) is 4.32. The number of hydrogen-bond acceptors (Lipinski definition) is 5. The maximum absolute atomic E-state index is 11.8. The topological polar surface area (TPSA) is 56.5 Å². The monoisotopic (exact) mass is 236 g/mol. The lowest BCUT2D eigenvalue weighted by atomic mass is 10.2. The fourth-order valence-corrected chi connectivity index (χ4v) is 1.94. The molecule has 2 aromatic heterocycles. The van der Waals surface area contributed by atoms with E-state index in [1.54, 1.807) is 17.5 Å². The van der Waals surface area contributed by atoms with Crippen molar-refractivity contribution in [3.63, 3.8) is 0 Å². The second-order valence-corrected chi connectivity index (χ2v) is 3.96. The lowest BCUT2D eigenvalue weighted by Crippen LogP contribution is -2.00. The molecule has 0 radical (unpaired) electrons. The molecular weight excluding hydrogens is 228 g/mol. The quantitative estimate of drug-likeness (QED) is 0.607. The predicted octanol–water partition coefficient (Wildman–Crippen LogP) is 2.50. The molecule has 0 aliphatic rings. The van der Waals surface area contributed by atoms with Crippen LogP contribution in [0.4, 0.5) is 0 Å². The van der Waals surface area contributed by atoms with Crippen molar-refractivity contribution in [2.24, 2.45) is 0 Å². The van der Waals surface area contributed by atoms with Gasteiger partial charge in [-0.25, -0.2) is 0 Å². The van der Waals surface area contributed by atoms with Crippen LogP contribution in [-0.2, 0) is 4.79 Å². The summed E-state index contributed by atoms with van der Waals surface area (Å²) in [6, 6.07) is 4.76. The molecule has 0 saturated heterocycles. The van der Waals surface area contributed by atoms with Crippen molar-refractivity contribution >= 4 is 23.1 Å². The number of ether oxygens (including phenoxy) is 1. The van der Waals surface area contributed by atoms with Crippen molar-refractivity contribution in [1.29, 1.82) is 0 Å².